The van der Waals surface area contributed by atoms with Crippen molar-refractivity contribution in [1.29, 1.82) is 0 Å². The van der Waals surface area contributed by atoms with Gasteiger partial charge in [-0.3, -0.25) is 0 Å². The molecule has 0 bridgehead atoms. The molecule has 0 saturated carbocycles. The predicted molar refractivity (Wildman–Crippen MR) is 73.0 cm³/mol. The van der Waals surface area contributed by atoms with Crippen LogP contribution in [-0.2, 0) is 6.61 Å². The lowest BCUT2D eigenvalue weighted by atomic mass is 10.2. The van der Waals surface area contributed by atoms with Crippen molar-refractivity contribution in [2.24, 2.45) is 0 Å². The molecule has 0 amide bonds. The third-order valence-corrected chi connectivity index (χ3v) is 4.09. The number of halogens is 1. The van der Waals surface area contributed by atoms with Gasteiger partial charge in [0.15, 0.2) is 0 Å². The van der Waals surface area contributed by atoms with E-state index >= 15 is 0 Å². The number of aryl methyl sites for hydroxylation is 2. The van der Waals surface area contributed by atoms with Crippen molar-refractivity contribution in [3.05, 3.63) is 46.4 Å². The van der Waals surface area contributed by atoms with Crippen LogP contribution in [0.4, 0.5) is 0 Å². The quantitative estimate of drug-likeness (QED) is 0.876. The number of aromatic nitrogens is 2. The first kappa shape index (κ1) is 13.3. The lowest BCUT2D eigenvalue weighted by Crippen LogP contribution is -1.95. The molecular weight excluding hydrogens is 268 g/mol. The van der Waals surface area contributed by atoms with E-state index in [0.717, 1.165) is 4.90 Å². The molecule has 0 atom stereocenters. The number of hydrogen-bond acceptors (Lipinski definition) is 4. The number of rotatable bonds is 3. The molecular formula is C13H13ClN2OS. The van der Waals surface area contributed by atoms with E-state index in [1.54, 1.807) is 0 Å². The van der Waals surface area contributed by atoms with Crippen LogP contribution in [0.2, 0.25) is 5.15 Å². The molecule has 1 aromatic heterocycles. The van der Waals surface area contributed by atoms with Crippen LogP contribution in [0.25, 0.3) is 0 Å². The molecule has 0 aliphatic heterocycles. The second-order valence-electron chi connectivity index (χ2n) is 3.98. The maximum Gasteiger partial charge on any atom is 0.139 e. The van der Waals surface area contributed by atoms with E-state index in [4.69, 9.17) is 11.6 Å². The lowest BCUT2D eigenvalue weighted by molar-refractivity contribution is 0.277. The largest absolute Gasteiger partial charge is 0.391 e. The van der Waals surface area contributed by atoms with Crippen LogP contribution in [0.1, 0.15) is 16.7 Å². The molecule has 1 aromatic carbocycles. The minimum Gasteiger partial charge on any atom is -0.391 e. The molecule has 1 N–H and O–H groups in total. The maximum absolute atomic E-state index is 9.32. The summed E-state index contributed by atoms with van der Waals surface area (Å²) in [6.45, 7) is 3.93. The number of hydrogen-bond donors (Lipinski definition) is 1. The van der Waals surface area contributed by atoms with Gasteiger partial charge in [0.25, 0.3) is 0 Å². The molecule has 0 aliphatic rings. The summed E-state index contributed by atoms with van der Waals surface area (Å²) in [5, 5.41) is 10.3. The van der Waals surface area contributed by atoms with Crippen molar-refractivity contribution in [2.75, 3.05) is 0 Å². The molecule has 2 aromatic rings. The molecule has 0 fully saturated rings. The molecule has 3 nitrogen and oxygen atoms in total. The van der Waals surface area contributed by atoms with Gasteiger partial charge in [0, 0.05) is 10.5 Å². The first-order valence-electron chi connectivity index (χ1n) is 5.47. The fourth-order valence-corrected chi connectivity index (χ4v) is 2.83. The Morgan fingerprint density at radius 3 is 2.78 bits per heavy atom. The van der Waals surface area contributed by atoms with E-state index < -0.39 is 0 Å². The van der Waals surface area contributed by atoms with E-state index in [0.29, 0.717) is 15.7 Å². The zero-order valence-corrected chi connectivity index (χ0v) is 11.7. The third-order valence-electron chi connectivity index (χ3n) is 2.56. The highest BCUT2D eigenvalue weighted by molar-refractivity contribution is 7.99. The van der Waals surface area contributed by atoms with E-state index in [9.17, 15) is 5.11 Å². The highest BCUT2D eigenvalue weighted by Gasteiger charge is 2.11. The van der Waals surface area contributed by atoms with Crippen LogP contribution in [0.3, 0.4) is 0 Å². The van der Waals surface area contributed by atoms with Gasteiger partial charge in [0.05, 0.1) is 6.61 Å². The van der Waals surface area contributed by atoms with Crippen LogP contribution >= 0.6 is 23.4 Å². The van der Waals surface area contributed by atoms with E-state index in [2.05, 4.69) is 28.2 Å². The summed E-state index contributed by atoms with van der Waals surface area (Å²) < 4.78 is 0. The van der Waals surface area contributed by atoms with Crippen molar-refractivity contribution < 1.29 is 5.11 Å². The Labute approximate surface area is 115 Å². The topological polar surface area (TPSA) is 46.0 Å². The summed E-state index contributed by atoms with van der Waals surface area (Å²) in [5.41, 5.74) is 2.93. The van der Waals surface area contributed by atoms with Crippen molar-refractivity contribution >= 4 is 23.4 Å². The highest BCUT2D eigenvalue weighted by atomic mass is 35.5. The maximum atomic E-state index is 9.32. The molecule has 94 valence electrons. The van der Waals surface area contributed by atoms with Gasteiger partial charge in [-0.25, -0.2) is 9.97 Å². The van der Waals surface area contributed by atoms with Crippen molar-refractivity contribution in [3.63, 3.8) is 0 Å². The average Bonchev–Trinajstić information content (AvgIpc) is 2.34. The summed E-state index contributed by atoms with van der Waals surface area (Å²) in [6.07, 6.45) is 1.41. The minimum absolute atomic E-state index is 0.160. The van der Waals surface area contributed by atoms with Gasteiger partial charge in [-0.2, -0.15) is 0 Å². The van der Waals surface area contributed by atoms with E-state index in [1.807, 2.05) is 13.8 Å². The van der Waals surface area contributed by atoms with E-state index in [1.165, 1.54) is 29.2 Å². The average molecular weight is 281 g/mol. The number of benzene rings is 1. The van der Waals surface area contributed by atoms with Gasteiger partial charge in [-0.1, -0.05) is 35.5 Å². The smallest absolute Gasteiger partial charge is 0.139 e. The fraction of sp³-hybridized carbons (Fsp3) is 0.231. The van der Waals surface area contributed by atoms with Crippen LogP contribution in [0, 0.1) is 13.8 Å². The van der Waals surface area contributed by atoms with E-state index in [-0.39, 0.29) is 6.61 Å². The Morgan fingerprint density at radius 1 is 1.28 bits per heavy atom. The highest BCUT2D eigenvalue weighted by Crippen LogP contribution is 2.33. The number of aliphatic hydroxyl groups is 1. The molecule has 18 heavy (non-hydrogen) atoms. The summed E-state index contributed by atoms with van der Waals surface area (Å²) in [6, 6.07) is 6.23. The molecule has 5 heteroatoms. The van der Waals surface area contributed by atoms with Crippen molar-refractivity contribution in [3.8, 4) is 0 Å². The Kier molecular flexibility index (Phi) is 4.22. The summed E-state index contributed by atoms with van der Waals surface area (Å²) >= 11 is 7.44. The van der Waals surface area contributed by atoms with Crippen LogP contribution in [0.15, 0.2) is 34.4 Å². The third kappa shape index (κ3) is 2.83. The molecule has 0 aliphatic carbocycles. The molecule has 0 spiro atoms. The Balaban J connectivity index is 2.40. The zero-order chi connectivity index (χ0) is 13.1. The molecule has 0 saturated heterocycles. The van der Waals surface area contributed by atoms with Crippen LogP contribution < -0.4 is 0 Å². The van der Waals surface area contributed by atoms with Gasteiger partial charge in [-0.05, 0) is 31.0 Å². The van der Waals surface area contributed by atoms with Gasteiger partial charge in [0.1, 0.15) is 16.5 Å². The minimum atomic E-state index is -0.160. The summed E-state index contributed by atoms with van der Waals surface area (Å²) in [4.78, 5) is 9.17. The second-order valence-corrected chi connectivity index (χ2v) is 5.37. The first-order valence-corrected chi connectivity index (χ1v) is 6.66. The van der Waals surface area contributed by atoms with Gasteiger partial charge < -0.3 is 5.11 Å². The SMILES string of the molecule is Cc1ccc(C)c(Sc2ncnc(Cl)c2CO)c1. The normalized spacial score (nSPS) is 10.7. The molecule has 0 unspecified atom stereocenters. The zero-order valence-electron chi connectivity index (χ0n) is 10.1. The number of nitrogens with zero attached hydrogens (tertiary/aromatic N) is 2. The van der Waals surface area contributed by atoms with Gasteiger partial charge >= 0.3 is 0 Å². The van der Waals surface area contributed by atoms with Crippen molar-refractivity contribution in [1.82, 2.24) is 9.97 Å². The Hall–Kier alpha value is -1.10. The standard InChI is InChI=1S/C13H13ClN2OS/c1-8-3-4-9(2)11(5-8)18-13-10(6-17)12(14)15-7-16-13/h3-5,7,17H,6H2,1-2H3. The van der Waals surface area contributed by atoms with Gasteiger partial charge in [-0.15, -0.1) is 0 Å². The van der Waals surface area contributed by atoms with Crippen LogP contribution in [-0.4, -0.2) is 15.1 Å². The Morgan fingerprint density at radius 2 is 2.06 bits per heavy atom. The first-order chi connectivity index (χ1) is 8.61. The number of aliphatic hydroxyl groups excluding tert-OH is 1. The molecule has 0 radical (unpaired) electrons. The Bertz CT molecular complexity index is 575. The van der Waals surface area contributed by atoms with Crippen molar-refractivity contribution in [2.45, 2.75) is 30.4 Å². The predicted octanol–water partition coefficient (Wildman–Crippen LogP) is 3.39. The van der Waals surface area contributed by atoms with Crippen LogP contribution in [0.5, 0.6) is 0 Å². The lowest BCUT2D eigenvalue weighted by Gasteiger charge is -2.09. The van der Waals surface area contributed by atoms with Gasteiger partial charge in [0.2, 0.25) is 0 Å². The fourth-order valence-electron chi connectivity index (χ4n) is 1.52. The molecule has 2 rings (SSSR count). The summed E-state index contributed by atoms with van der Waals surface area (Å²) in [5.74, 6) is 0. The second kappa shape index (κ2) is 5.69. The molecule has 1 heterocycles. The summed E-state index contributed by atoms with van der Waals surface area (Å²) in [7, 11) is 0. The monoisotopic (exact) mass is 280 g/mol.